The van der Waals surface area contributed by atoms with Gasteiger partial charge in [0, 0.05) is 5.56 Å². The van der Waals surface area contributed by atoms with Crippen LogP contribution in [0.2, 0.25) is 0 Å². The Balaban J connectivity index is 1.72. The van der Waals surface area contributed by atoms with Gasteiger partial charge in [-0.1, -0.05) is 29.5 Å². The zero-order chi connectivity index (χ0) is 16.2. The molecule has 0 aliphatic rings. The van der Waals surface area contributed by atoms with E-state index < -0.39 is 6.04 Å². The molecule has 7 heteroatoms. The van der Waals surface area contributed by atoms with Crippen LogP contribution in [0.3, 0.4) is 0 Å². The highest BCUT2D eigenvalue weighted by molar-refractivity contribution is 5.86. The molecule has 7 nitrogen and oxygen atoms in total. The number of hydrazone groups is 1. The summed E-state index contributed by atoms with van der Waals surface area (Å²) < 4.78 is 1.54. The van der Waals surface area contributed by atoms with Crippen LogP contribution in [0.5, 0.6) is 5.75 Å². The number of aromatic nitrogens is 3. The molecule has 23 heavy (non-hydrogen) atoms. The number of nitrogens with zero attached hydrogens (tertiary/aromatic N) is 4. The number of carbonyl (C=O) groups is 1. The van der Waals surface area contributed by atoms with Crippen LogP contribution in [0.1, 0.15) is 18.5 Å². The largest absolute Gasteiger partial charge is 0.507 e. The molecule has 3 aromatic rings. The quantitative estimate of drug-likeness (QED) is 0.568. The molecular weight excluding hydrogens is 294 g/mol. The van der Waals surface area contributed by atoms with Gasteiger partial charge in [0.05, 0.1) is 11.7 Å². The predicted octanol–water partition coefficient (Wildman–Crippen LogP) is 1.85. The SMILES string of the molecule is C[C@H](C(=O)N/N=C\c1ccccc1O)n1nnc2ccccc21. The molecule has 2 N–H and O–H groups in total. The number of phenols is 1. The lowest BCUT2D eigenvalue weighted by atomic mass is 10.2. The van der Waals surface area contributed by atoms with Crippen LogP contribution in [0.15, 0.2) is 53.6 Å². The molecular formula is C16H15N5O2. The number of hydrogen-bond donors (Lipinski definition) is 2. The summed E-state index contributed by atoms with van der Waals surface area (Å²) in [6.07, 6.45) is 1.39. The van der Waals surface area contributed by atoms with Gasteiger partial charge >= 0.3 is 0 Å². The Kier molecular flexibility index (Phi) is 4.01. The Morgan fingerprint density at radius 2 is 2.00 bits per heavy atom. The minimum absolute atomic E-state index is 0.0980. The standard InChI is InChI=1S/C16H15N5O2/c1-11(21-14-8-4-3-7-13(14)18-20-21)16(23)19-17-10-12-6-2-5-9-15(12)22/h2-11,22H,1H3,(H,19,23)/b17-10-/t11-/m1/s1. The highest BCUT2D eigenvalue weighted by Crippen LogP contribution is 2.15. The van der Waals surface area contributed by atoms with Gasteiger partial charge in [-0.3, -0.25) is 4.79 Å². The first kappa shape index (κ1) is 14.7. The maximum Gasteiger partial charge on any atom is 0.264 e. The lowest BCUT2D eigenvalue weighted by Crippen LogP contribution is -2.28. The van der Waals surface area contributed by atoms with Crippen LogP contribution in [-0.2, 0) is 4.79 Å². The monoisotopic (exact) mass is 309 g/mol. The number of para-hydroxylation sites is 2. The van der Waals surface area contributed by atoms with Crippen LogP contribution < -0.4 is 5.43 Å². The van der Waals surface area contributed by atoms with E-state index in [1.165, 1.54) is 6.21 Å². The van der Waals surface area contributed by atoms with Gasteiger partial charge in [0.25, 0.3) is 5.91 Å². The molecule has 0 fully saturated rings. The Labute approximate surface area is 132 Å². The molecule has 3 rings (SSSR count). The minimum atomic E-state index is -0.566. The summed E-state index contributed by atoms with van der Waals surface area (Å²) in [7, 11) is 0. The molecule has 0 saturated heterocycles. The van der Waals surface area contributed by atoms with Gasteiger partial charge in [-0.2, -0.15) is 5.10 Å². The Morgan fingerprint density at radius 3 is 2.83 bits per heavy atom. The first-order chi connectivity index (χ1) is 11.2. The zero-order valence-corrected chi connectivity index (χ0v) is 12.4. The van der Waals surface area contributed by atoms with E-state index in [1.54, 1.807) is 35.9 Å². The van der Waals surface area contributed by atoms with Crippen molar-refractivity contribution >= 4 is 23.2 Å². The number of carbonyl (C=O) groups excluding carboxylic acids is 1. The predicted molar refractivity (Wildman–Crippen MR) is 86.1 cm³/mol. The summed E-state index contributed by atoms with van der Waals surface area (Å²) in [4.78, 5) is 12.2. The maximum atomic E-state index is 12.2. The summed E-state index contributed by atoms with van der Waals surface area (Å²) in [5.41, 5.74) is 4.47. The highest BCUT2D eigenvalue weighted by Gasteiger charge is 2.18. The van der Waals surface area contributed by atoms with Gasteiger partial charge < -0.3 is 5.11 Å². The zero-order valence-electron chi connectivity index (χ0n) is 12.4. The van der Waals surface area contributed by atoms with Gasteiger partial charge in [0.15, 0.2) is 0 Å². The fraction of sp³-hybridized carbons (Fsp3) is 0.125. The molecule has 0 aliphatic heterocycles. The van der Waals surface area contributed by atoms with E-state index in [4.69, 9.17) is 0 Å². The maximum absolute atomic E-state index is 12.2. The van der Waals surface area contributed by atoms with Crippen LogP contribution in [0, 0.1) is 0 Å². The van der Waals surface area contributed by atoms with E-state index in [0.717, 1.165) is 11.0 Å². The second kappa shape index (κ2) is 6.27. The number of amides is 1. The van der Waals surface area contributed by atoms with Gasteiger partial charge in [-0.05, 0) is 31.2 Å². The molecule has 1 aromatic heterocycles. The summed E-state index contributed by atoms with van der Waals surface area (Å²) >= 11 is 0. The number of phenolic OH excluding ortho intramolecular Hbond substituents is 1. The second-order valence-corrected chi connectivity index (χ2v) is 4.99. The molecule has 1 atom stereocenters. The van der Waals surface area contributed by atoms with E-state index >= 15 is 0 Å². The lowest BCUT2D eigenvalue weighted by molar-refractivity contribution is -0.124. The van der Waals surface area contributed by atoms with E-state index in [9.17, 15) is 9.90 Å². The molecule has 116 valence electrons. The average molecular weight is 309 g/mol. The summed E-state index contributed by atoms with van der Waals surface area (Å²) in [5, 5.41) is 21.5. The van der Waals surface area contributed by atoms with Crippen LogP contribution in [0.4, 0.5) is 0 Å². The molecule has 0 saturated carbocycles. The number of nitrogens with one attached hydrogen (secondary N) is 1. The molecule has 0 spiro atoms. The fourth-order valence-electron chi connectivity index (χ4n) is 2.14. The summed E-state index contributed by atoms with van der Waals surface area (Å²) in [5.74, 6) is -0.229. The lowest BCUT2D eigenvalue weighted by Gasteiger charge is -2.10. The third kappa shape index (κ3) is 3.03. The van der Waals surface area contributed by atoms with Crippen molar-refractivity contribution in [3.8, 4) is 5.75 Å². The molecule has 2 aromatic carbocycles. The molecule has 1 heterocycles. The van der Waals surface area contributed by atoms with E-state index in [0.29, 0.717) is 5.56 Å². The molecule has 0 bridgehead atoms. The smallest absolute Gasteiger partial charge is 0.264 e. The number of benzene rings is 2. The Morgan fingerprint density at radius 1 is 1.26 bits per heavy atom. The van der Waals surface area contributed by atoms with Crippen molar-refractivity contribution < 1.29 is 9.90 Å². The van der Waals surface area contributed by atoms with Crippen molar-refractivity contribution in [1.82, 2.24) is 20.4 Å². The van der Waals surface area contributed by atoms with E-state index in [1.807, 2.05) is 24.3 Å². The Bertz CT molecular complexity index is 872. The number of rotatable bonds is 4. The van der Waals surface area contributed by atoms with Crippen molar-refractivity contribution in [2.24, 2.45) is 5.10 Å². The van der Waals surface area contributed by atoms with E-state index in [-0.39, 0.29) is 11.7 Å². The molecule has 0 unspecified atom stereocenters. The average Bonchev–Trinajstić information content (AvgIpc) is 3.00. The third-order valence-corrected chi connectivity index (χ3v) is 3.44. The van der Waals surface area contributed by atoms with E-state index in [2.05, 4.69) is 20.8 Å². The van der Waals surface area contributed by atoms with Crippen molar-refractivity contribution in [3.05, 3.63) is 54.1 Å². The number of fused-ring (bicyclic) bond motifs is 1. The number of hydrogen-bond acceptors (Lipinski definition) is 5. The fourth-order valence-corrected chi connectivity index (χ4v) is 2.14. The van der Waals surface area contributed by atoms with Crippen LogP contribution in [-0.4, -0.2) is 32.2 Å². The van der Waals surface area contributed by atoms with Crippen LogP contribution in [0.25, 0.3) is 11.0 Å². The first-order valence-electron chi connectivity index (χ1n) is 7.07. The third-order valence-electron chi connectivity index (χ3n) is 3.44. The van der Waals surface area contributed by atoms with Crippen molar-refractivity contribution in [2.45, 2.75) is 13.0 Å². The van der Waals surface area contributed by atoms with Gasteiger partial charge in [0.2, 0.25) is 0 Å². The van der Waals surface area contributed by atoms with Gasteiger partial charge in [-0.15, -0.1) is 5.10 Å². The second-order valence-electron chi connectivity index (χ2n) is 4.99. The molecule has 0 aliphatic carbocycles. The summed E-state index contributed by atoms with van der Waals surface area (Å²) in [6.45, 7) is 1.71. The normalized spacial score (nSPS) is 12.6. The van der Waals surface area contributed by atoms with Gasteiger partial charge in [-0.25, -0.2) is 10.1 Å². The minimum Gasteiger partial charge on any atom is -0.507 e. The summed E-state index contributed by atoms with van der Waals surface area (Å²) in [6, 6.07) is 13.6. The Hall–Kier alpha value is -3.22. The van der Waals surface area contributed by atoms with Crippen molar-refractivity contribution in [3.63, 3.8) is 0 Å². The van der Waals surface area contributed by atoms with Crippen molar-refractivity contribution in [1.29, 1.82) is 0 Å². The van der Waals surface area contributed by atoms with Crippen LogP contribution >= 0.6 is 0 Å². The van der Waals surface area contributed by atoms with Gasteiger partial charge in [0.1, 0.15) is 17.3 Å². The topological polar surface area (TPSA) is 92.4 Å². The molecule has 1 amide bonds. The highest BCUT2D eigenvalue weighted by atomic mass is 16.3. The first-order valence-corrected chi connectivity index (χ1v) is 7.07. The molecule has 0 radical (unpaired) electrons. The van der Waals surface area contributed by atoms with Crippen molar-refractivity contribution in [2.75, 3.05) is 0 Å². The number of aromatic hydroxyl groups is 1.